The van der Waals surface area contributed by atoms with Gasteiger partial charge in [0, 0.05) is 5.39 Å². The Kier molecular flexibility index (Phi) is 3.74. The second-order valence-corrected chi connectivity index (χ2v) is 4.94. The molecule has 1 unspecified atom stereocenters. The number of fused-ring (bicyclic) bond motifs is 1. The van der Waals surface area contributed by atoms with Gasteiger partial charge in [-0.15, -0.1) is 0 Å². The van der Waals surface area contributed by atoms with Crippen LogP contribution >= 0.6 is 0 Å². The largest absolute Gasteiger partial charge is 0.454 e. The van der Waals surface area contributed by atoms with Crippen molar-refractivity contribution < 1.29 is 13.9 Å². The fourth-order valence-electron chi connectivity index (χ4n) is 2.22. The van der Waals surface area contributed by atoms with Crippen LogP contribution in [0.3, 0.4) is 0 Å². The molecule has 0 aliphatic heterocycles. The SMILES string of the molecule is CC(OC(=O)c1cc2ccccc2oc1=O)c1ccccc1. The van der Waals surface area contributed by atoms with Gasteiger partial charge in [-0.3, -0.25) is 0 Å². The summed E-state index contributed by atoms with van der Waals surface area (Å²) in [6, 6.07) is 17.9. The Bertz CT molecular complexity index is 865. The van der Waals surface area contributed by atoms with Crippen LogP contribution in [0.1, 0.15) is 28.9 Å². The zero-order chi connectivity index (χ0) is 15.5. The molecule has 1 heterocycles. The van der Waals surface area contributed by atoms with E-state index in [0.717, 1.165) is 5.56 Å². The van der Waals surface area contributed by atoms with E-state index < -0.39 is 17.7 Å². The molecule has 1 atom stereocenters. The van der Waals surface area contributed by atoms with Crippen molar-refractivity contribution in [1.82, 2.24) is 0 Å². The first-order valence-electron chi connectivity index (χ1n) is 6.94. The molecule has 3 aromatic rings. The molecule has 22 heavy (non-hydrogen) atoms. The monoisotopic (exact) mass is 294 g/mol. The highest BCUT2D eigenvalue weighted by molar-refractivity contribution is 5.92. The van der Waals surface area contributed by atoms with Crippen LogP contribution in [-0.4, -0.2) is 5.97 Å². The summed E-state index contributed by atoms with van der Waals surface area (Å²) in [6.45, 7) is 1.76. The third-order valence-electron chi connectivity index (χ3n) is 3.41. The third-order valence-corrected chi connectivity index (χ3v) is 3.41. The van der Waals surface area contributed by atoms with E-state index in [9.17, 15) is 9.59 Å². The lowest BCUT2D eigenvalue weighted by Gasteiger charge is -2.13. The summed E-state index contributed by atoms with van der Waals surface area (Å²) in [6.07, 6.45) is -0.445. The molecular weight excluding hydrogens is 280 g/mol. The topological polar surface area (TPSA) is 56.5 Å². The number of ether oxygens (including phenoxy) is 1. The van der Waals surface area contributed by atoms with Crippen molar-refractivity contribution in [3.8, 4) is 0 Å². The van der Waals surface area contributed by atoms with E-state index in [4.69, 9.17) is 9.15 Å². The summed E-state index contributed by atoms with van der Waals surface area (Å²) in [5.41, 5.74) is 0.520. The molecule has 4 nitrogen and oxygen atoms in total. The first-order valence-corrected chi connectivity index (χ1v) is 6.94. The molecule has 0 saturated heterocycles. The van der Waals surface area contributed by atoms with Crippen molar-refractivity contribution in [2.24, 2.45) is 0 Å². The zero-order valence-electron chi connectivity index (χ0n) is 12.0. The van der Waals surface area contributed by atoms with E-state index in [1.807, 2.05) is 36.4 Å². The fraction of sp³-hybridized carbons (Fsp3) is 0.111. The van der Waals surface area contributed by atoms with Crippen molar-refractivity contribution in [1.29, 1.82) is 0 Å². The van der Waals surface area contributed by atoms with Gasteiger partial charge in [-0.25, -0.2) is 9.59 Å². The van der Waals surface area contributed by atoms with E-state index in [0.29, 0.717) is 11.0 Å². The number of hydrogen-bond acceptors (Lipinski definition) is 4. The van der Waals surface area contributed by atoms with Gasteiger partial charge in [0.1, 0.15) is 17.3 Å². The van der Waals surface area contributed by atoms with Gasteiger partial charge in [-0.2, -0.15) is 0 Å². The maximum absolute atomic E-state index is 12.2. The van der Waals surface area contributed by atoms with Gasteiger partial charge < -0.3 is 9.15 Å². The highest BCUT2D eigenvalue weighted by Gasteiger charge is 2.18. The van der Waals surface area contributed by atoms with Crippen LogP contribution in [0.15, 0.2) is 69.9 Å². The molecule has 0 fully saturated rings. The molecule has 1 aromatic heterocycles. The third kappa shape index (κ3) is 2.76. The van der Waals surface area contributed by atoms with Crippen molar-refractivity contribution in [3.05, 3.63) is 82.2 Å². The maximum atomic E-state index is 12.2. The number of carbonyl (C=O) groups excluding carboxylic acids is 1. The molecule has 110 valence electrons. The van der Waals surface area contributed by atoms with Crippen molar-refractivity contribution in [3.63, 3.8) is 0 Å². The van der Waals surface area contributed by atoms with E-state index >= 15 is 0 Å². The molecule has 0 N–H and O–H groups in total. The van der Waals surface area contributed by atoms with Gasteiger partial charge >= 0.3 is 11.6 Å². The first kappa shape index (κ1) is 14.1. The quantitative estimate of drug-likeness (QED) is 0.546. The predicted molar refractivity (Wildman–Crippen MR) is 82.8 cm³/mol. The molecule has 0 bridgehead atoms. The minimum absolute atomic E-state index is 0.0959. The Balaban J connectivity index is 1.89. The van der Waals surface area contributed by atoms with E-state index in [1.54, 1.807) is 25.1 Å². The summed E-state index contributed by atoms with van der Waals surface area (Å²) in [4.78, 5) is 24.1. The molecule has 2 aromatic carbocycles. The first-order chi connectivity index (χ1) is 10.6. The lowest BCUT2D eigenvalue weighted by molar-refractivity contribution is 0.0333. The molecule has 0 aliphatic carbocycles. The standard InChI is InChI=1S/C18H14O4/c1-12(13-7-3-2-4-8-13)21-17(19)15-11-14-9-5-6-10-16(14)22-18(15)20/h2-12H,1H3. The van der Waals surface area contributed by atoms with Crippen LogP contribution in [0.2, 0.25) is 0 Å². The van der Waals surface area contributed by atoms with Gasteiger partial charge in [-0.1, -0.05) is 48.5 Å². The summed E-state index contributed by atoms with van der Waals surface area (Å²) >= 11 is 0. The molecule has 0 radical (unpaired) electrons. The number of esters is 1. The second-order valence-electron chi connectivity index (χ2n) is 4.94. The fourth-order valence-corrected chi connectivity index (χ4v) is 2.22. The van der Waals surface area contributed by atoms with E-state index in [-0.39, 0.29) is 5.56 Å². The lowest BCUT2D eigenvalue weighted by Crippen LogP contribution is -2.18. The van der Waals surface area contributed by atoms with Crippen molar-refractivity contribution >= 4 is 16.9 Å². The summed E-state index contributed by atoms with van der Waals surface area (Å²) in [5, 5.41) is 0.682. The van der Waals surface area contributed by atoms with Crippen LogP contribution in [0.25, 0.3) is 11.0 Å². The highest BCUT2D eigenvalue weighted by Crippen LogP contribution is 2.19. The Morgan fingerprint density at radius 1 is 1.05 bits per heavy atom. The van der Waals surface area contributed by atoms with Crippen LogP contribution in [0.4, 0.5) is 0 Å². The minimum atomic E-state index is -0.691. The van der Waals surface area contributed by atoms with Crippen molar-refractivity contribution in [2.75, 3.05) is 0 Å². The van der Waals surface area contributed by atoms with Gasteiger partial charge in [0.2, 0.25) is 0 Å². The number of benzene rings is 2. The van der Waals surface area contributed by atoms with Crippen LogP contribution in [0, 0.1) is 0 Å². The number of rotatable bonds is 3. The van der Waals surface area contributed by atoms with Gasteiger partial charge in [0.15, 0.2) is 0 Å². The average Bonchev–Trinajstić information content (AvgIpc) is 2.54. The Morgan fingerprint density at radius 2 is 1.73 bits per heavy atom. The molecule has 0 aliphatic rings. The molecule has 4 heteroatoms. The summed E-state index contributed by atoms with van der Waals surface area (Å²) in [7, 11) is 0. The zero-order valence-corrected chi connectivity index (χ0v) is 12.0. The Hall–Kier alpha value is -2.88. The van der Waals surface area contributed by atoms with Gasteiger partial charge in [-0.05, 0) is 24.6 Å². The van der Waals surface area contributed by atoms with Crippen LogP contribution in [-0.2, 0) is 4.74 Å². The second kappa shape index (κ2) is 5.85. The smallest absolute Gasteiger partial charge is 0.351 e. The Morgan fingerprint density at radius 3 is 2.50 bits per heavy atom. The maximum Gasteiger partial charge on any atom is 0.351 e. The number of hydrogen-bond donors (Lipinski definition) is 0. The van der Waals surface area contributed by atoms with Crippen molar-refractivity contribution in [2.45, 2.75) is 13.0 Å². The number of carbonyl (C=O) groups is 1. The lowest BCUT2D eigenvalue weighted by atomic mass is 10.1. The molecular formula is C18H14O4. The molecule has 0 saturated carbocycles. The van der Waals surface area contributed by atoms with E-state index in [2.05, 4.69) is 0 Å². The molecule has 0 spiro atoms. The summed E-state index contributed by atoms with van der Waals surface area (Å²) in [5.74, 6) is -0.684. The van der Waals surface area contributed by atoms with Gasteiger partial charge in [0.05, 0.1) is 0 Å². The highest BCUT2D eigenvalue weighted by atomic mass is 16.5. The van der Waals surface area contributed by atoms with Crippen LogP contribution < -0.4 is 5.63 Å². The Labute approximate surface area is 127 Å². The molecule has 3 rings (SSSR count). The average molecular weight is 294 g/mol. The molecule has 0 amide bonds. The minimum Gasteiger partial charge on any atom is -0.454 e. The van der Waals surface area contributed by atoms with E-state index in [1.165, 1.54) is 6.07 Å². The van der Waals surface area contributed by atoms with Gasteiger partial charge in [0.25, 0.3) is 0 Å². The predicted octanol–water partition coefficient (Wildman–Crippen LogP) is 3.71. The number of para-hydroxylation sites is 1. The summed E-state index contributed by atoms with van der Waals surface area (Å²) < 4.78 is 10.5. The van der Waals surface area contributed by atoms with Crippen LogP contribution in [0.5, 0.6) is 0 Å². The normalized spacial score (nSPS) is 12.0.